The number of nitrogens with one attached hydrogen (secondary N) is 1. The summed E-state index contributed by atoms with van der Waals surface area (Å²) in [4.78, 5) is 38.7. The number of amides is 2. The van der Waals surface area contributed by atoms with Gasteiger partial charge < -0.3 is 19.7 Å². The van der Waals surface area contributed by atoms with Gasteiger partial charge in [-0.05, 0) is 51.5 Å². The van der Waals surface area contributed by atoms with E-state index in [0.29, 0.717) is 32.5 Å². The highest BCUT2D eigenvalue weighted by Gasteiger charge is 2.30. The number of thiophene rings is 1. The number of nitrogens with zero attached hydrogens (tertiary/aromatic N) is 1. The van der Waals surface area contributed by atoms with Crippen LogP contribution in [0.5, 0.6) is 0 Å². The van der Waals surface area contributed by atoms with E-state index in [1.807, 2.05) is 38.3 Å². The molecule has 0 aliphatic carbocycles. The number of hydrogen-bond acceptors (Lipinski definition) is 6. The van der Waals surface area contributed by atoms with Crippen molar-refractivity contribution >= 4 is 29.3 Å². The van der Waals surface area contributed by atoms with Gasteiger partial charge in [0.25, 0.3) is 5.91 Å². The summed E-state index contributed by atoms with van der Waals surface area (Å²) < 4.78 is 10.5. The second-order valence-electron chi connectivity index (χ2n) is 7.53. The summed E-state index contributed by atoms with van der Waals surface area (Å²) >= 11 is 1.64. The first kappa shape index (κ1) is 21.2. The van der Waals surface area contributed by atoms with Crippen LogP contribution in [0.3, 0.4) is 0 Å². The third-order valence-corrected chi connectivity index (χ3v) is 5.04. The molecule has 27 heavy (non-hydrogen) atoms. The van der Waals surface area contributed by atoms with Gasteiger partial charge in [-0.3, -0.25) is 9.59 Å². The molecular formula is C19H28N2O5S. The summed E-state index contributed by atoms with van der Waals surface area (Å²) in [7, 11) is 0. The maximum absolute atomic E-state index is 12.1. The Bertz CT molecular complexity index is 631. The highest BCUT2D eigenvalue weighted by Crippen LogP contribution is 2.20. The number of rotatable bonds is 6. The Morgan fingerprint density at radius 1 is 1.26 bits per heavy atom. The Morgan fingerprint density at radius 3 is 2.56 bits per heavy atom. The molecule has 1 aliphatic rings. The van der Waals surface area contributed by atoms with E-state index in [1.54, 1.807) is 16.2 Å². The highest BCUT2D eigenvalue weighted by atomic mass is 32.1. The number of esters is 1. The molecule has 1 aromatic rings. The fourth-order valence-electron chi connectivity index (χ4n) is 2.71. The van der Waals surface area contributed by atoms with Gasteiger partial charge in [0.05, 0.1) is 5.92 Å². The average molecular weight is 397 g/mol. The summed E-state index contributed by atoms with van der Waals surface area (Å²) in [5.41, 5.74) is -0.538. The van der Waals surface area contributed by atoms with Gasteiger partial charge >= 0.3 is 12.1 Å². The molecule has 1 fully saturated rings. The Morgan fingerprint density at radius 2 is 1.96 bits per heavy atom. The fourth-order valence-corrected chi connectivity index (χ4v) is 3.42. The van der Waals surface area contributed by atoms with E-state index in [0.717, 1.165) is 6.42 Å². The first-order chi connectivity index (χ1) is 12.7. The lowest BCUT2D eigenvalue weighted by Gasteiger charge is -2.32. The van der Waals surface area contributed by atoms with Gasteiger partial charge in [0.1, 0.15) is 5.60 Å². The molecule has 0 spiro atoms. The molecule has 8 heteroatoms. The quantitative estimate of drug-likeness (QED) is 0.747. The normalized spacial score (nSPS) is 15.3. The van der Waals surface area contributed by atoms with Crippen molar-refractivity contribution in [2.75, 3.05) is 26.2 Å². The molecule has 150 valence electrons. The van der Waals surface area contributed by atoms with Crippen molar-refractivity contribution in [3.8, 4) is 0 Å². The SMILES string of the molecule is CC(C)(C)OC(=O)N1CCC(C(=O)OCC(=O)NCCc2cccs2)CC1. The molecule has 2 amide bonds. The number of carbonyl (C=O) groups is 3. The second-order valence-corrected chi connectivity index (χ2v) is 8.56. The fraction of sp³-hybridized carbons (Fsp3) is 0.632. The van der Waals surface area contributed by atoms with Gasteiger partial charge in [-0.2, -0.15) is 0 Å². The highest BCUT2D eigenvalue weighted by molar-refractivity contribution is 7.09. The lowest BCUT2D eigenvalue weighted by molar-refractivity contribution is -0.154. The zero-order valence-electron chi connectivity index (χ0n) is 16.2. The van der Waals surface area contributed by atoms with Crippen molar-refractivity contribution in [2.45, 2.75) is 45.6 Å². The van der Waals surface area contributed by atoms with Crippen LogP contribution in [0.15, 0.2) is 17.5 Å². The van der Waals surface area contributed by atoms with E-state index in [4.69, 9.17) is 9.47 Å². The number of ether oxygens (including phenoxy) is 2. The predicted molar refractivity (Wildman–Crippen MR) is 103 cm³/mol. The van der Waals surface area contributed by atoms with Crippen LogP contribution in [0.25, 0.3) is 0 Å². The van der Waals surface area contributed by atoms with Gasteiger partial charge in [-0.25, -0.2) is 4.79 Å². The first-order valence-electron chi connectivity index (χ1n) is 9.18. The van der Waals surface area contributed by atoms with E-state index in [1.165, 1.54) is 4.88 Å². The van der Waals surface area contributed by atoms with Crippen LogP contribution in [-0.2, 0) is 25.5 Å². The molecule has 1 aliphatic heterocycles. The molecule has 0 aromatic carbocycles. The van der Waals surface area contributed by atoms with Crippen LogP contribution >= 0.6 is 11.3 Å². The van der Waals surface area contributed by atoms with Crippen molar-refractivity contribution in [3.05, 3.63) is 22.4 Å². The molecule has 0 unspecified atom stereocenters. The van der Waals surface area contributed by atoms with Crippen LogP contribution in [0.4, 0.5) is 4.79 Å². The van der Waals surface area contributed by atoms with E-state index in [2.05, 4.69) is 5.32 Å². The minimum Gasteiger partial charge on any atom is -0.455 e. The molecule has 0 radical (unpaired) electrons. The summed E-state index contributed by atoms with van der Waals surface area (Å²) in [6, 6.07) is 3.98. The van der Waals surface area contributed by atoms with Crippen molar-refractivity contribution < 1.29 is 23.9 Å². The number of hydrogen-bond donors (Lipinski definition) is 1. The maximum atomic E-state index is 12.1. The predicted octanol–water partition coefficient (Wildman–Crippen LogP) is 2.60. The summed E-state index contributed by atoms with van der Waals surface area (Å²) in [5.74, 6) is -0.971. The third kappa shape index (κ3) is 7.58. The van der Waals surface area contributed by atoms with Crippen molar-refractivity contribution in [3.63, 3.8) is 0 Å². The van der Waals surface area contributed by atoms with Crippen molar-refractivity contribution in [1.29, 1.82) is 0 Å². The number of carbonyl (C=O) groups excluding carboxylic acids is 3. The molecule has 2 rings (SSSR count). The molecule has 0 atom stereocenters. The van der Waals surface area contributed by atoms with Gasteiger partial charge in [0, 0.05) is 24.5 Å². The minimum absolute atomic E-state index is 0.268. The maximum Gasteiger partial charge on any atom is 0.410 e. The van der Waals surface area contributed by atoms with Crippen LogP contribution in [-0.4, -0.2) is 54.7 Å². The van der Waals surface area contributed by atoms with Crippen LogP contribution in [0.2, 0.25) is 0 Å². The minimum atomic E-state index is -0.538. The molecule has 1 aromatic heterocycles. The van der Waals surface area contributed by atoms with Gasteiger partial charge in [-0.15, -0.1) is 11.3 Å². The lowest BCUT2D eigenvalue weighted by atomic mass is 9.97. The van der Waals surface area contributed by atoms with Crippen LogP contribution in [0.1, 0.15) is 38.5 Å². The Kier molecular flexibility index (Phi) is 7.65. The molecule has 1 N–H and O–H groups in total. The average Bonchev–Trinajstić information content (AvgIpc) is 3.12. The smallest absolute Gasteiger partial charge is 0.410 e. The summed E-state index contributed by atoms with van der Waals surface area (Å²) in [5, 5.41) is 4.74. The van der Waals surface area contributed by atoms with Crippen LogP contribution < -0.4 is 5.32 Å². The standard InChI is InChI=1S/C19H28N2O5S/c1-19(2,3)26-18(24)21-10-7-14(8-11-21)17(23)25-13-16(22)20-9-6-15-5-4-12-27-15/h4-5,12,14H,6-11,13H2,1-3H3,(H,20,22). The largest absolute Gasteiger partial charge is 0.455 e. The van der Waals surface area contributed by atoms with Crippen molar-refractivity contribution in [1.82, 2.24) is 10.2 Å². The Hall–Kier alpha value is -2.09. The van der Waals surface area contributed by atoms with Gasteiger partial charge in [0.15, 0.2) is 6.61 Å². The molecule has 7 nitrogen and oxygen atoms in total. The molecule has 2 heterocycles. The topological polar surface area (TPSA) is 84.9 Å². The summed E-state index contributed by atoms with van der Waals surface area (Å²) in [6.07, 6.45) is 1.43. The molecular weight excluding hydrogens is 368 g/mol. The molecule has 0 bridgehead atoms. The van der Waals surface area contributed by atoms with E-state index in [9.17, 15) is 14.4 Å². The van der Waals surface area contributed by atoms with Crippen molar-refractivity contribution in [2.24, 2.45) is 5.92 Å². The monoisotopic (exact) mass is 396 g/mol. The van der Waals surface area contributed by atoms with E-state index >= 15 is 0 Å². The lowest BCUT2D eigenvalue weighted by Crippen LogP contribution is -2.43. The number of likely N-dealkylation sites (tertiary alicyclic amines) is 1. The molecule has 0 saturated carbocycles. The zero-order valence-corrected chi connectivity index (χ0v) is 17.0. The zero-order chi connectivity index (χ0) is 19.9. The second kappa shape index (κ2) is 9.73. The van der Waals surface area contributed by atoms with E-state index < -0.39 is 5.60 Å². The third-order valence-electron chi connectivity index (χ3n) is 4.10. The van der Waals surface area contributed by atoms with Gasteiger partial charge in [-0.1, -0.05) is 6.07 Å². The Balaban J connectivity index is 1.62. The van der Waals surface area contributed by atoms with Gasteiger partial charge in [0.2, 0.25) is 0 Å². The number of piperidine rings is 1. The Labute approximate surface area is 164 Å². The first-order valence-corrected chi connectivity index (χ1v) is 10.1. The summed E-state index contributed by atoms with van der Waals surface area (Å²) in [6.45, 7) is 6.60. The van der Waals surface area contributed by atoms with E-state index in [-0.39, 0.29) is 30.5 Å². The van der Waals surface area contributed by atoms with Crippen LogP contribution in [0, 0.1) is 5.92 Å². The molecule has 1 saturated heterocycles.